The average Bonchev–Trinajstić information content (AvgIpc) is 2.97. The summed E-state index contributed by atoms with van der Waals surface area (Å²) in [5, 5.41) is 6.52. The van der Waals surface area contributed by atoms with Gasteiger partial charge in [-0.25, -0.2) is 4.79 Å². The van der Waals surface area contributed by atoms with E-state index in [1.165, 1.54) is 7.11 Å². The molecule has 2 N–H and O–H groups in total. The molecule has 1 aliphatic rings. The zero-order valence-electron chi connectivity index (χ0n) is 12.2. The van der Waals surface area contributed by atoms with E-state index in [-0.39, 0.29) is 5.91 Å². The summed E-state index contributed by atoms with van der Waals surface area (Å²) in [5.41, 5.74) is 0.0933. The van der Waals surface area contributed by atoms with Crippen molar-refractivity contribution in [1.82, 2.24) is 5.32 Å². The van der Waals surface area contributed by atoms with Crippen LogP contribution in [-0.4, -0.2) is 31.1 Å². The van der Waals surface area contributed by atoms with Gasteiger partial charge in [-0.1, -0.05) is 18.5 Å². The largest absolute Gasteiger partial charge is 0.465 e. The monoisotopic (exact) mass is 310 g/mol. The van der Waals surface area contributed by atoms with Crippen LogP contribution in [-0.2, 0) is 9.53 Å². The van der Waals surface area contributed by atoms with E-state index in [1.54, 1.807) is 18.2 Å². The van der Waals surface area contributed by atoms with E-state index in [1.807, 2.05) is 6.92 Å². The fourth-order valence-corrected chi connectivity index (χ4v) is 2.78. The van der Waals surface area contributed by atoms with E-state index in [4.69, 9.17) is 16.3 Å². The Morgan fingerprint density at radius 1 is 1.48 bits per heavy atom. The summed E-state index contributed by atoms with van der Waals surface area (Å²) in [6.45, 7) is 2.79. The summed E-state index contributed by atoms with van der Waals surface area (Å²) in [6.07, 6.45) is 2.43. The minimum absolute atomic E-state index is 0.144. The number of methoxy groups -OCH3 is 1. The van der Waals surface area contributed by atoms with Crippen molar-refractivity contribution in [3.8, 4) is 0 Å². The zero-order chi connectivity index (χ0) is 15.5. The lowest BCUT2D eigenvalue weighted by Crippen LogP contribution is -2.50. The van der Waals surface area contributed by atoms with Gasteiger partial charge in [0.2, 0.25) is 5.91 Å². The first kappa shape index (κ1) is 15.8. The molecule has 0 aliphatic carbocycles. The van der Waals surface area contributed by atoms with Gasteiger partial charge in [0.05, 0.1) is 23.9 Å². The van der Waals surface area contributed by atoms with Crippen molar-refractivity contribution < 1.29 is 14.3 Å². The number of nitrogens with one attached hydrogen (secondary N) is 2. The lowest BCUT2D eigenvalue weighted by atomic mass is 9.93. The highest BCUT2D eigenvalue weighted by Crippen LogP contribution is 2.27. The van der Waals surface area contributed by atoms with Crippen molar-refractivity contribution in [2.45, 2.75) is 31.7 Å². The van der Waals surface area contributed by atoms with Gasteiger partial charge in [0.25, 0.3) is 0 Å². The maximum absolute atomic E-state index is 12.6. The molecule has 0 radical (unpaired) electrons. The molecule has 114 valence electrons. The van der Waals surface area contributed by atoms with E-state index in [9.17, 15) is 9.59 Å². The molecule has 1 unspecified atom stereocenters. The van der Waals surface area contributed by atoms with Crippen molar-refractivity contribution >= 4 is 29.2 Å². The Hall–Kier alpha value is -1.59. The van der Waals surface area contributed by atoms with E-state index in [2.05, 4.69) is 10.6 Å². The third kappa shape index (κ3) is 3.19. The van der Waals surface area contributed by atoms with Crippen LogP contribution in [0.25, 0.3) is 0 Å². The Bertz CT molecular complexity index is 554. The number of ether oxygens (including phenoxy) is 1. The number of hydrogen-bond acceptors (Lipinski definition) is 4. The Balaban J connectivity index is 2.28. The summed E-state index contributed by atoms with van der Waals surface area (Å²) in [6, 6.07) is 4.70. The van der Waals surface area contributed by atoms with Crippen LogP contribution >= 0.6 is 11.6 Å². The molecule has 0 aromatic heterocycles. The van der Waals surface area contributed by atoms with Crippen molar-refractivity contribution in [2.24, 2.45) is 0 Å². The highest BCUT2D eigenvalue weighted by Gasteiger charge is 2.39. The third-order valence-corrected chi connectivity index (χ3v) is 4.15. The average molecular weight is 311 g/mol. The molecule has 1 aromatic carbocycles. The van der Waals surface area contributed by atoms with E-state index in [0.717, 1.165) is 19.4 Å². The second kappa shape index (κ2) is 6.45. The molecule has 5 nitrogen and oxygen atoms in total. The number of halogens is 1. The predicted octanol–water partition coefficient (Wildman–Crippen LogP) is 2.60. The molecule has 2 rings (SSSR count). The molecule has 21 heavy (non-hydrogen) atoms. The normalized spacial score (nSPS) is 21.1. The van der Waals surface area contributed by atoms with Gasteiger partial charge in [-0.2, -0.15) is 0 Å². The highest BCUT2D eigenvalue weighted by molar-refractivity contribution is 6.31. The molecular weight excluding hydrogens is 292 g/mol. The number of carbonyl (C=O) groups is 2. The van der Waals surface area contributed by atoms with Crippen LogP contribution in [0.5, 0.6) is 0 Å². The van der Waals surface area contributed by atoms with Crippen LogP contribution in [0.2, 0.25) is 5.02 Å². The number of rotatable bonds is 4. The first-order valence-corrected chi connectivity index (χ1v) is 7.34. The molecule has 1 atom stereocenters. The number of anilines is 1. The maximum atomic E-state index is 12.6. The van der Waals surface area contributed by atoms with Crippen LogP contribution in [0, 0.1) is 0 Å². The fourth-order valence-electron chi connectivity index (χ4n) is 2.61. The number of benzene rings is 1. The molecule has 1 amide bonds. The van der Waals surface area contributed by atoms with Crippen LogP contribution in [0.3, 0.4) is 0 Å². The third-order valence-electron chi connectivity index (χ3n) is 3.92. The Morgan fingerprint density at radius 2 is 2.24 bits per heavy atom. The summed E-state index contributed by atoms with van der Waals surface area (Å²) < 4.78 is 4.73. The van der Waals surface area contributed by atoms with Crippen LogP contribution in [0.4, 0.5) is 5.69 Å². The molecule has 1 fully saturated rings. The number of esters is 1. The molecule has 1 aromatic rings. The molecule has 6 heteroatoms. The van der Waals surface area contributed by atoms with Crippen molar-refractivity contribution in [3.05, 3.63) is 28.8 Å². The van der Waals surface area contributed by atoms with Gasteiger partial charge in [-0.3, -0.25) is 4.79 Å². The predicted molar refractivity (Wildman–Crippen MR) is 81.7 cm³/mol. The van der Waals surface area contributed by atoms with Crippen molar-refractivity contribution in [3.63, 3.8) is 0 Å². The summed E-state index contributed by atoms with van der Waals surface area (Å²) in [5.74, 6) is -0.651. The lowest BCUT2D eigenvalue weighted by Gasteiger charge is -2.27. The van der Waals surface area contributed by atoms with E-state index < -0.39 is 11.5 Å². The summed E-state index contributed by atoms with van der Waals surface area (Å²) in [7, 11) is 1.30. The van der Waals surface area contributed by atoms with Gasteiger partial charge < -0.3 is 15.4 Å². The Morgan fingerprint density at radius 3 is 2.81 bits per heavy atom. The summed E-state index contributed by atoms with van der Waals surface area (Å²) >= 11 is 5.96. The minimum Gasteiger partial charge on any atom is -0.465 e. The van der Waals surface area contributed by atoms with E-state index >= 15 is 0 Å². The van der Waals surface area contributed by atoms with Crippen molar-refractivity contribution in [1.29, 1.82) is 0 Å². The van der Waals surface area contributed by atoms with Crippen LogP contribution < -0.4 is 10.6 Å². The Kier molecular flexibility index (Phi) is 4.85. The fraction of sp³-hybridized carbons (Fsp3) is 0.467. The number of carbonyl (C=O) groups excluding carboxylic acids is 2. The molecule has 1 aliphatic heterocycles. The Labute approximate surface area is 129 Å². The summed E-state index contributed by atoms with van der Waals surface area (Å²) in [4.78, 5) is 24.3. The van der Waals surface area contributed by atoms with Gasteiger partial charge in [-0.15, -0.1) is 0 Å². The molecule has 0 spiro atoms. The smallest absolute Gasteiger partial charge is 0.339 e. The van der Waals surface area contributed by atoms with Crippen molar-refractivity contribution in [2.75, 3.05) is 19.0 Å². The molecule has 0 saturated carbocycles. The van der Waals surface area contributed by atoms with E-state index in [0.29, 0.717) is 22.7 Å². The van der Waals surface area contributed by atoms with Crippen LogP contribution in [0.1, 0.15) is 36.5 Å². The quantitative estimate of drug-likeness (QED) is 0.839. The minimum atomic E-state index is -0.574. The zero-order valence-corrected chi connectivity index (χ0v) is 12.9. The molecule has 1 heterocycles. The first-order chi connectivity index (χ1) is 10.0. The van der Waals surface area contributed by atoms with Gasteiger partial charge in [0, 0.05) is 5.02 Å². The molecule has 1 saturated heterocycles. The topological polar surface area (TPSA) is 67.4 Å². The molecular formula is C15H19ClN2O3. The SMILES string of the molecule is CCC1(C(=O)Nc2cc(Cl)ccc2C(=O)OC)CCCN1. The number of hydrogen-bond donors (Lipinski definition) is 2. The number of amides is 1. The maximum Gasteiger partial charge on any atom is 0.339 e. The van der Waals surface area contributed by atoms with Gasteiger partial charge in [0.1, 0.15) is 0 Å². The standard InChI is InChI=1S/C15H19ClN2O3/c1-3-15(7-4-8-17-15)14(20)18-12-9-10(16)5-6-11(12)13(19)21-2/h5-6,9,17H,3-4,7-8H2,1-2H3,(H,18,20). The van der Waals surface area contributed by atoms with Gasteiger partial charge in [-0.05, 0) is 44.0 Å². The van der Waals surface area contributed by atoms with Gasteiger partial charge in [0.15, 0.2) is 0 Å². The molecule has 0 bridgehead atoms. The lowest BCUT2D eigenvalue weighted by molar-refractivity contribution is -0.122. The highest BCUT2D eigenvalue weighted by atomic mass is 35.5. The second-order valence-corrected chi connectivity index (χ2v) is 5.54. The van der Waals surface area contributed by atoms with Crippen LogP contribution in [0.15, 0.2) is 18.2 Å². The first-order valence-electron chi connectivity index (χ1n) is 6.97. The second-order valence-electron chi connectivity index (χ2n) is 5.10. The van der Waals surface area contributed by atoms with Gasteiger partial charge >= 0.3 is 5.97 Å².